The molecule has 2 N–H and O–H groups in total. The molecule has 5 aliphatic carbocycles. The van der Waals surface area contributed by atoms with E-state index in [1.165, 1.54) is 25.7 Å². The number of aliphatic hydroxyl groups is 1. The first-order valence-corrected chi connectivity index (χ1v) is 13.8. The van der Waals surface area contributed by atoms with E-state index >= 15 is 0 Å². The largest absolute Gasteiger partial charge is 0.393 e. The maximum Gasteiger partial charge on any atom is 0.220 e. The number of nitrogens with zero attached hydrogens (tertiary/aromatic N) is 3. The molecule has 4 unspecified atom stereocenters. The van der Waals surface area contributed by atoms with Gasteiger partial charge < -0.3 is 10.4 Å². The van der Waals surface area contributed by atoms with E-state index in [1.54, 1.807) is 0 Å². The Morgan fingerprint density at radius 1 is 1.12 bits per heavy atom. The fourth-order valence-electron chi connectivity index (χ4n) is 9.43. The number of aliphatic hydroxyl groups excluding tert-OH is 1. The topological polar surface area (TPSA) is 98.1 Å². The van der Waals surface area contributed by atoms with Crippen molar-refractivity contribution in [3.8, 4) is 0 Å². The highest BCUT2D eigenvalue weighted by molar-refractivity contribution is 5.76. The second-order valence-corrected chi connectivity index (χ2v) is 12.9. The number of nitrogens with one attached hydrogen (secondary N) is 1. The lowest BCUT2D eigenvalue weighted by molar-refractivity contribution is -0.169. The quantitative estimate of drug-likeness (QED) is 0.291. The summed E-state index contributed by atoms with van der Waals surface area (Å²) in [6, 6.07) is 0.605. The number of carbonyl (C=O) groups is 1. The molecule has 5 rings (SSSR count). The fourth-order valence-corrected chi connectivity index (χ4v) is 9.43. The third kappa shape index (κ3) is 3.99. The maximum absolute atomic E-state index is 12.3. The summed E-state index contributed by atoms with van der Waals surface area (Å²) in [5, 5.41) is 18.9. The van der Waals surface area contributed by atoms with Gasteiger partial charge in [-0.05, 0) is 122 Å². The zero-order valence-corrected chi connectivity index (χ0v) is 20.9. The van der Waals surface area contributed by atoms with Crippen LogP contribution >= 0.6 is 0 Å². The van der Waals surface area contributed by atoms with E-state index in [0.29, 0.717) is 48.0 Å². The molecule has 1 amide bonds. The standard InChI is InChI=1S/C27H44N4O2/c1-16(4-11-25(33)29-18-6-7-18)21-9-10-22-20-8-5-17-14-19(30-31-28)12-13-26(17,2)23(20)15-24(32)27(21,22)3/h16-24,32H,4-15H2,1-3H3,(H,29,33)/t16?,17-,19-,20?,21-,22?,23?,24+,26+,27-/m1/s1. The van der Waals surface area contributed by atoms with Gasteiger partial charge in [0.2, 0.25) is 5.91 Å². The molecular weight excluding hydrogens is 412 g/mol. The van der Waals surface area contributed by atoms with E-state index in [-0.39, 0.29) is 28.9 Å². The molecule has 10 atom stereocenters. The Kier molecular flexibility index (Phi) is 6.23. The third-order valence-electron chi connectivity index (χ3n) is 11.5. The van der Waals surface area contributed by atoms with Crippen LogP contribution in [0.5, 0.6) is 0 Å². The first-order chi connectivity index (χ1) is 15.8. The summed E-state index contributed by atoms with van der Waals surface area (Å²) in [5.74, 6) is 3.74. The van der Waals surface area contributed by atoms with Crippen molar-refractivity contribution in [2.75, 3.05) is 0 Å². The fraction of sp³-hybridized carbons (Fsp3) is 0.963. The van der Waals surface area contributed by atoms with Crippen LogP contribution in [0.4, 0.5) is 0 Å². The Bertz CT molecular complexity index is 808. The predicted octanol–water partition coefficient (Wildman–Crippen LogP) is 5.99. The summed E-state index contributed by atoms with van der Waals surface area (Å²) >= 11 is 0. The molecule has 184 valence electrons. The van der Waals surface area contributed by atoms with Crippen molar-refractivity contribution in [1.82, 2.24) is 5.32 Å². The van der Waals surface area contributed by atoms with Crippen LogP contribution < -0.4 is 5.32 Å². The van der Waals surface area contributed by atoms with E-state index in [0.717, 1.165) is 44.9 Å². The molecular formula is C27H44N4O2. The van der Waals surface area contributed by atoms with Gasteiger partial charge in [-0.15, -0.1) is 0 Å². The lowest BCUT2D eigenvalue weighted by Crippen LogP contribution is -2.58. The summed E-state index contributed by atoms with van der Waals surface area (Å²) in [4.78, 5) is 15.4. The zero-order chi connectivity index (χ0) is 23.4. The minimum atomic E-state index is -0.246. The van der Waals surface area contributed by atoms with E-state index in [4.69, 9.17) is 5.53 Å². The number of hydrogen-bond acceptors (Lipinski definition) is 3. The molecule has 0 aromatic heterocycles. The van der Waals surface area contributed by atoms with E-state index in [1.807, 2.05) is 0 Å². The third-order valence-corrected chi connectivity index (χ3v) is 11.5. The zero-order valence-electron chi connectivity index (χ0n) is 20.9. The molecule has 33 heavy (non-hydrogen) atoms. The van der Waals surface area contributed by atoms with Crippen molar-refractivity contribution in [3.05, 3.63) is 10.4 Å². The molecule has 5 fully saturated rings. The van der Waals surface area contributed by atoms with Gasteiger partial charge in [0.1, 0.15) is 0 Å². The van der Waals surface area contributed by atoms with Crippen molar-refractivity contribution < 1.29 is 9.90 Å². The SMILES string of the molecule is CC(CCC(=O)NC1CC1)[C@H]1CCC2C3CC[C@@H]4C[C@H](N=[N+]=[N-])CC[C@]4(C)C3C[C@H](O)[C@@]21C. The smallest absolute Gasteiger partial charge is 0.220 e. The van der Waals surface area contributed by atoms with Crippen molar-refractivity contribution in [2.45, 2.75) is 116 Å². The summed E-state index contributed by atoms with van der Waals surface area (Å²) in [7, 11) is 0. The van der Waals surface area contributed by atoms with Crippen LogP contribution in [0.1, 0.15) is 97.8 Å². The average molecular weight is 457 g/mol. The number of azide groups is 1. The highest BCUT2D eigenvalue weighted by Crippen LogP contribution is 2.68. The maximum atomic E-state index is 12.3. The Labute approximate surface area is 199 Å². The molecule has 6 heteroatoms. The van der Waals surface area contributed by atoms with Crippen LogP contribution in [0.2, 0.25) is 0 Å². The van der Waals surface area contributed by atoms with E-state index < -0.39 is 0 Å². The summed E-state index contributed by atoms with van der Waals surface area (Å²) in [6.07, 6.45) is 12.7. The molecule has 0 saturated heterocycles. The van der Waals surface area contributed by atoms with Crippen LogP contribution in [0.3, 0.4) is 0 Å². The predicted molar refractivity (Wildman–Crippen MR) is 129 cm³/mol. The number of carbonyl (C=O) groups excluding carboxylic acids is 1. The summed E-state index contributed by atoms with van der Waals surface area (Å²) in [5.41, 5.74) is 9.17. The monoisotopic (exact) mass is 456 g/mol. The Morgan fingerprint density at radius 3 is 2.64 bits per heavy atom. The van der Waals surface area contributed by atoms with E-state index in [2.05, 4.69) is 36.1 Å². The average Bonchev–Trinajstić information content (AvgIpc) is 3.52. The highest BCUT2D eigenvalue weighted by atomic mass is 16.3. The van der Waals surface area contributed by atoms with Crippen molar-refractivity contribution in [3.63, 3.8) is 0 Å². The van der Waals surface area contributed by atoms with Crippen molar-refractivity contribution >= 4 is 5.91 Å². The lowest BCUT2D eigenvalue weighted by atomic mass is 9.43. The normalized spacial score (nSPS) is 47.5. The van der Waals surface area contributed by atoms with Crippen LogP contribution in [-0.4, -0.2) is 29.2 Å². The number of hydrogen-bond donors (Lipinski definition) is 2. The molecule has 0 heterocycles. The molecule has 0 aromatic rings. The van der Waals surface area contributed by atoms with Gasteiger partial charge in [0.05, 0.1) is 6.10 Å². The van der Waals surface area contributed by atoms with Crippen molar-refractivity contribution in [1.29, 1.82) is 0 Å². The van der Waals surface area contributed by atoms with Crippen LogP contribution in [0.25, 0.3) is 10.4 Å². The lowest BCUT2D eigenvalue weighted by Gasteiger charge is -2.62. The first-order valence-electron chi connectivity index (χ1n) is 13.8. The molecule has 5 saturated carbocycles. The molecule has 0 bridgehead atoms. The van der Waals surface area contributed by atoms with Gasteiger partial charge >= 0.3 is 0 Å². The minimum Gasteiger partial charge on any atom is -0.393 e. The van der Waals surface area contributed by atoms with Gasteiger partial charge in [0.25, 0.3) is 0 Å². The van der Waals surface area contributed by atoms with Gasteiger partial charge in [-0.2, -0.15) is 0 Å². The minimum absolute atomic E-state index is 0.0148. The second-order valence-electron chi connectivity index (χ2n) is 12.9. The van der Waals surface area contributed by atoms with E-state index in [9.17, 15) is 9.90 Å². The molecule has 0 spiro atoms. The Hall–Kier alpha value is -1.26. The molecule has 0 aliphatic heterocycles. The Morgan fingerprint density at radius 2 is 1.91 bits per heavy atom. The molecule has 5 aliphatic rings. The van der Waals surface area contributed by atoms with Crippen LogP contribution in [0, 0.1) is 46.3 Å². The highest BCUT2D eigenvalue weighted by Gasteiger charge is 2.63. The Balaban J connectivity index is 1.28. The molecule has 0 radical (unpaired) electrons. The number of rotatable bonds is 6. The second kappa shape index (κ2) is 8.75. The summed E-state index contributed by atoms with van der Waals surface area (Å²) < 4.78 is 0. The number of amides is 1. The molecule has 6 nitrogen and oxygen atoms in total. The van der Waals surface area contributed by atoms with Crippen LogP contribution in [0.15, 0.2) is 5.11 Å². The van der Waals surface area contributed by atoms with Crippen molar-refractivity contribution in [2.24, 2.45) is 51.5 Å². The van der Waals surface area contributed by atoms with Gasteiger partial charge in [-0.1, -0.05) is 25.9 Å². The van der Waals surface area contributed by atoms with Gasteiger partial charge in [-0.3, -0.25) is 4.79 Å². The first kappa shape index (κ1) is 23.5. The van der Waals surface area contributed by atoms with Gasteiger partial charge in [-0.25, -0.2) is 0 Å². The van der Waals surface area contributed by atoms with Gasteiger partial charge in [0.15, 0.2) is 0 Å². The molecule has 0 aromatic carbocycles. The van der Waals surface area contributed by atoms with Crippen LogP contribution in [-0.2, 0) is 4.79 Å². The van der Waals surface area contributed by atoms with Gasteiger partial charge in [0, 0.05) is 23.4 Å². The summed E-state index contributed by atoms with van der Waals surface area (Å²) in [6.45, 7) is 7.21. The number of fused-ring (bicyclic) bond motifs is 5.